The van der Waals surface area contributed by atoms with Crippen molar-refractivity contribution in [3.8, 4) is 0 Å². The van der Waals surface area contributed by atoms with E-state index in [1.165, 1.54) is 43.4 Å². The van der Waals surface area contributed by atoms with Crippen molar-refractivity contribution < 1.29 is 4.74 Å². The van der Waals surface area contributed by atoms with Crippen LogP contribution in [0.2, 0.25) is 0 Å². The molecule has 3 N–H and O–H groups in total. The van der Waals surface area contributed by atoms with Crippen molar-refractivity contribution in [2.24, 2.45) is 10.7 Å². The van der Waals surface area contributed by atoms with Crippen LogP contribution in [0.1, 0.15) is 56.2 Å². The largest absolute Gasteiger partial charge is 0.378 e. The van der Waals surface area contributed by atoms with Gasteiger partial charge in [0.05, 0.1) is 6.10 Å². The summed E-state index contributed by atoms with van der Waals surface area (Å²) in [6.45, 7) is 2.56. The third-order valence-corrected chi connectivity index (χ3v) is 5.18. The molecule has 5 heteroatoms. The molecular weight excluding hydrogens is 306 g/mol. The van der Waals surface area contributed by atoms with Crippen LogP contribution in [0.15, 0.2) is 22.5 Å². The molecule has 130 valence electrons. The SMILES string of the molecule is NC(=NCCCCCOC1CCCCC1)NCCc1cccs1. The number of thiophene rings is 1. The number of guanidine groups is 1. The van der Waals surface area contributed by atoms with Crippen LogP contribution in [0.4, 0.5) is 0 Å². The molecule has 23 heavy (non-hydrogen) atoms. The van der Waals surface area contributed by atoms with Crippen molar-refractivity contribution in [3.63, 3.8) is 0 Å². The van der Waals surface area contributed by atoms with Gasteiger partial charge < -0.3 is 15.8 Å². The van der Waals surface area contributed by atoms with Crippen LogP contribution in [0.3, 0.4) is 0 Å². The molecule has 0 bridgehead atoms. The van der Waals surface area contributed by atoms with Crippen molar-refractivity contribution >= 4 is 17.3 Å². The van der Waals surface area contributed by atoms with Gasteiger partial charge in [0, 0.05) is 24.6 Å². The van der Waals surface area contributed by atoms with E-state index in [1.807, 2.05) is 0 Å². The van der Waals surface area contributed by atoms with Gasteiger partial charge in [0.25, 0.3) is 0 Å². The van der Waals surface area contributed by atoms with Gasteiger partial charge in [-0.3, -0.25) is 4.99 Å². The van der Waals surface area contributed by atoms with E-state index in [1.54, 1.807) is 11.3 Å². The Morgan fingerprint density at radius 1 is 1.26 bits per heavy atom. The van der Waals surface area contributed by atoms with Gasteiger partial charge in [-0.2, -0.15) is 0 Å². The number of rotatable bonds is 10. The zero-order chi connectivity index (χ0) is 16.2. The minimum Gasteiger partial charge on any atom is -0.378 e. The Kier molecular flexibility index (Phi) is 9.11. The summed E-state index contributed by atoms with van der Waals surface area (Å²) in [5, 5.41) is 5.28. The van der Waals surface area contributed by atoms with Crippen molar-refractivity contribution in [1.82, 2.24) is 5.32 Å². The maximum Gasteiger partial charge on any atom is 0.188 e. The first-order valence-corrected chi connectivity index (χ1v) is 9.90. The molecule has 1 fully saturated rings. The van der Waals surface area contributed by atoms with Crippen LogP contribution >= 0.6 is 11.3 Å². The Balaban J connectivity index is 1.41. The number of hydrogen-bond donors (Lipinski definition) is 2. The zero-order valence-electron chi connectivity index (χ0n) is 14.1. The van der Waals surface area contributed by atoms with Crippen LogP contribution in [-0.2, 0) is 11.2 Å². The quantitative estimate of drug-likeness (QED) is 0.389. The lowest BCUT2D eigenvalue weighted by atomic mass is 9.98. The Morgan fingerprint density at radius 2 is 2.13 bits per heavy atom. The highest BCUT2D eigenvalue weighted by atomic mass is 32.1. The first-order chi connectivity index (χ1) is 11.3. The van der Waals surface area contributed by atoms with Gasteiger partial charge in [-0.15, -0.1) is 11.3 Å². The standard InChI is InChI=1S/C18H31N3OS/c19-18(21-13-11-17-10-7-15-23-17)20-12-5-2-6-14-22-16-8-3-1-4-9-16/h7,10,15-16H,1-6,8-9,11-14H2,(H3,19,20,21). The van der Waals surface area contributed by atoms with Crippen molar-refractivity contribution in [2.45, 2.75) is 63.9 Å². The first kappa shape index (κ1) is 18.3. The molecule has 0 spiro atoms. The van der Waals surface area contributed by atoms with Crippen molar-refractivity contribution in [2.75, 3.05) is 19.7 Å². The van der Waals surface area contributed by atoms with Gasteiger partial charge in [-0.05, 0) is 50.0 Å². The van der Waals surface area contributed by atoms with E-state index in [9.17, 15) is 0 Å². The summed E-state index contributed by atoms with van der Waals surface area (Å²) < 4.78 is 5.93. The van der Waals surface area contributed by atoms with E-state index in [4.69, 9.17) is 10.5 Å². The molecule has 1 heterocycles. The number of nitrogens with zero attached hydrogens (tertiary/aromatic N) is 1. The number of aliphatic imine (C=N–C) groups is 1. The van der Waals surface area contributed by atoms with Crippen LogP contribution in [0.25, 0.3) is 0 Å². The van der Waals surface area contributed by atoms with Gasteiger partial charge >= 0.3 is 0 Å². The molecule has 1 aliphatic rings. The van der Waals surface area contributed by atoms with Crippen LogP contribution in [-0.4, -0.2) is 31.8 Å². The third kappa shape index (κ3) is 8.37. The lowest BCUT2D eigenvalue weighted by Gasteiger charge is -2.21. The summed E-state index contributed by atoms with van der Waals surface area (Å²) in [6.07, 6.45) is 11.5. The molecule has 1 aromatic heterocycles. The Bertz CT molecular complexity index is 427. The molecule has 0 aliphatic heterocycles. The van der Waals surface area contributed by atoms with Gasteiger partial charge in [-0.25, -0.2) is 0 Å². The number of nitrogens with one attached hydrogen (secondary N) is 1. The predicted molar refractivity (Wildman–Crippen MR) is 99.2 cm³/mol. The van der Waals surface area contributed by atoms with E-state index in [-0.39, 0.29) is 0 Å². The highest BCUT2D eigenvalue weighted by Crippen LogP contribution is 2.20. The average Bonchev–Trinajstić information content (AvgIpc) is 3.08. The second kappa shape index (κ2) is 11.5. The lowest BCUT2D eigenvalue weighted by molar-refractivity contribution is 0.0264. The maximum absolute atomic E-state index is 5.93. The Labute approximate surface area is 144 Å². The molecular formula is C18H31N3OS. The fourth-order valence-electron chi connectivity index (χ4n) is 2.90. The van der Waals surface area contributed by atoms with E-state index >= 15 is 0 Å². The minimum absolute atomic E-state index is 0.532. The summed E-state index contributed by atoms with van der Waals surface area (Å²) in [5.41, 5.74) is 5.87. The fraction of sp³-hybridized carbons (Fsp3) is 0.722. The summed E-state index contributed by atoms with van der Waals surface area (Å²) in [6, 6.07) is 4.23. The maximum atomic E-state index is 5.93. The molecule has 0 atom stereocenters. The van der Waals surface area contributed by atoms with Crippen molar-refractivity contribution in [3.05, 3.63) is 22.4 Å². The highest BCUT2D eigenvalue weighted by molar-refractivity contribution is 7.09. The van der Waals surface area contributed by atoms with Gasteiger partial charge in [-0.1, -0.05) is 25.3 Å². The van der Waals surface area contributed by atoms with E-state index in [2.05, 4.69) is 27.8 Å². The minimum atomic E-state index is 0.532. The highest BCUT2D eigenvalue weighted by Gasteiger charge is 2.12. The summed E-state index contributed by atoms with van der Waals surface area (Å²) in [4.78, 5) is 5.75. The van der Waals surface area contributed by atoms with Crippen molar-refractivity contribution in [1.29, 1.82) is 0 Å². The normalized spacial score (nSPS) is 16.6. The lowest BCUT2D eigenvalue weighted by Crippen LogP contribution is -2.33. The zero-order valence-corrected chi connectivity index (χ0v) is 15.0. The Morgan fingerprint density at radius 3 is 2.91 bits per heavy atom. The summed E-state index contributed by atoms with van der Waals surface area (Å²) >= 11 is 1.78. The van der Waals surface area contributed by atoms with Gasteiger partial charge in [0.15, 0.2) is 5.96 Å². The first-order valence-electron chi connectivity index (χ1n) is 9.02. The molecule has 1 aromatic rings. The number of nitrogens with two attached hydrogens (primary N) is 1. The molecule has 0 saturated heterocycles. The van der Waals surface area contributed by atoms with Crippen LogP contribution in [0, 0.1) is 0 Å². The van der Waals surface area contributed by atoms with Gasteiger partial charge in [0.2, 0.25) is 0 Å². The van der Waals surface area contributed by atoms with E-state index < -0.39 is 0 Å². The number of unbranched alkanes of at least 4 members (excludes halogenated alkanes) is 2. The monoisotopic (exact) mass is 337 g/mol. The molecule has 0 aromatic carbocycles. The summed E-state index contributed by atoms with van der Waals surface area (Å²) in [7, 11) is 0. The topological polar surface area (TPSA) is 59.6 Å². The molecule has 0 amide bonds. The molecule has 2 rings (SSSR count). The van der Waals surface area contributed by atoms with Crippen LogP contribution < -0.4 is 11.1 Å². The number of ether oxygens (including phenoxy) is 1. The second-order valence-electron chi connectivity index (χ2n) is 6.21. The molecule has 4 nitrogen and oxygen atoms in total. The molecule has 1 aliphatic carbocycles. The fourth-order valence-corrected chi connectivity index (χ4v) is 3.61. The van der Waals surface area contributed by atoms with E-state index in [0.29, 0.717) is 12.1 Å². The van der Waals surface area contributed by atoms with Crippen LogP contribution in [0.5, 0.6) is 0 Å². The summed E-state index contributed by atoms with van der Waals surface area (Å²) in [5.74, 6) is 0.569. The third-order valence-electron chi connectivity index (χ3n) is 4.25. The second-order valence-corrected chi connectivity index (χ2v) is 7.25. The predicted octanol–water partition coefficient (Wildman–Crippen LogP) is 3.71. The molecule has 0 unspecified atom stereocenters. The molecule has 1 saturated carbocycles. The number of hydrogen-bond acceptors (Lipinski definition) is 3. The molecule has 0 radical (unpaired) electrons. The van der Waals surface area contributed by atoms with Gasteiger partial charge in [0.1, 0.15) is 0 Å². The average molecular weight is 338 g/mol. The van der Waals surface area contributed by atoms with E-state index in [0.717, 1.165) is 39.0 Å². The Hall–Kier alpha value is -1.07. The smallest absolute Gasteiger partial charge is 0.188 e.